The lowest BCUT2D eigenvalue weighted by atomic mass is 10.2. The molecule has 20 heavy (non-hydrogen) atoms. The van der Waals surface area contributed by atoms with Crippen molar-refractivity contribution in [2.45, 2.75) is 13.5 Å². The van der Waals surface area contributed by atoms with Gasteiger partial charge in [-0.15, -0.1) is 0 Å². The predicted molar refractivity (Wildman–Crippen MR) is 81.9 cm³/mol. The van der Waals surface area contributed by atoms with Crippen LogP contribution in [0.2, 0.25) is 5.02 Å². The molecule has 0 spiro atoms. The molecule has 0 radical (unpaired) electrons. The average Bonchev–Trinajstić information content (AvgIpc) is 2.45. The summed E-state index contributed by atoms with van der Waals surface area (Å²) in [4.78, 5) is 0. The first-order valence-corrected chi connectivity index (χ1v) is 6.90. The summed E-state index contributed by atoms with van der Waals surface area (Å²) in [6, 6.07) is 3.81. The smallest absolute Gasteiger partial charge is 0.180 e. The van der Waals surface area contributed by atoms with Crippen LogP contribution in [0.3, 0.4) is 0 Å². The van der Waals surface area contributed by atoms with E-state index in [1.165, 1.54) is 0 Å². The summed E-state index contributed by atoms with van der Waals surface area (Å²) in [5.41, 5.74) is 1.04. The molecule has 0 saturated heterocycles. The zero-order chi connectivity index (χ0) is 14.8. The van der Waals surface area contributed by atoms with E-state index in [4.69, 9.17) is 25.8 Å². The van der Waals surface area contributed by atoms with Crippen molar-refractivity contribution in [3.8, 4) is 11.5 Å². The van der Waals surface area contributed by atoms with Gasteiger partial charge in [0, 0.05) is 20.2 Å². The molecule has 0 aliphatic rings. The molecule has 0 amide bonds. The van der Waals surface area contributed by atoms with E-state index >= 15 is 0 Å². The van der Waals surface area contributed by atoms with E-state index in [2.05, 4.69) is 5.32 Å². The monoisotopic (exact) mass is 299 g/mol. The molecule has 0 bridgehead atoms. The Kier molecular flexibility index (Phi) is 8.11. The highest BCUT2D eigenvalue weighted by Crippen LogP contribution is 2.36. The molecule has 0 fully saturated rings. The summed E-state index contributed by atoms with van der Waals surface area (Å²) in [5, 5.41) is 3.81. The number of methoxy groups -OCH3 is 2. The van der Waals surface area contributed by atoms with Gasteiger partial charge >= 0.3 is 0 Å². The summed E-state index contributed by atoms with van der Waals surface area (Å²) in [7, 11) is 3.29. The standard InChI is InChI=1S/C15H22ClNO3/c1-4-5-7-20-15-13(16)9-12(10-14(15)19-3)11-17-6-8-18-2/h4-5,9-10,17H,6-8,11H2,1-3H3. The van der Waals surface area contributed by atoms with Crippen LogP contribution in [-0.2, 0) is 11.3 Å². The maximum absolute atomic E-state index is 6.25. The van der Waals surface area contributed by atoms with Crippen molar-refractivity contribution in [1.82, 2.24) is 5.32 Å². The van der Waals surface area contributed by atoms with Gasteiger partial charge in [0.1, 0.15) is 6.61 Å². The Morgan fingerprint density at radius 3 is 2.75 bits per heavy atom. The van der Waals surface area contributed by atoms with Crippen LogP contribution in [0.4, 0.5) is 0 Å². The SMILES string of the molecule is CC=CCOc1c(Cl)cc(CNCCOC)cc1OC. The van der Waals surface area contributed by atoms with Crippen molar-refractivity contribution >= 4 is 11.6 Å². The molecule has 0 aliphatic heterocycles. The van der Waals surface area contributed by atoms with Crippen LogP contribution in [0.25, 0.3) is 0 Å². The molecule has 5 heteroatoms. The minimum absolute atomic E-state index is 0.470. The van der Waals surface area contributed by atoms with Crippen molar-refractivity contribution in [3.63, 3.8) is 0 Å². The average molecular weight is 300 g/mol. The van der Waals surface area contributed by atoms with E-state index in [-0.39, 0.29) is 0 Å². The van der Waals surface area contributed by atoms with E-state index in [0.29, 0.717) is 36.3 Å². The fraction of sp³-hybridized carbons (Fsp3) is 0.467. The molecule has 0 aliphatic carbocycles. The van der Waals surface area contributed by atoms with Gasteiger partial charge in [-0.3, -0.25) is 0 Å². The lowest BCUT2D eigenvalue weighted by Crippen LogP contribution is -2.18. The maximum atomic E-state index is 6.25. The van der Waals surface area contributed by atoms with Gasteiger partial charge in [-0.25, -0.2) is 0 Å². The fourth-order valence-electron chi connectivity index (χ4n) is 1.65. The van der Waals surface area contributed by atoms with Crippen LogP contribution in [-0.4, -0.2) is 34.0 Å². The second-order valence-electron chi connectivity index (χ2n) is 4.16. The molecular weight excluding hydrogens is 278 g/mol. The molecular formula is C15H22ClNO3. The molecule has 0 aromatic heterocycles. The van der Waals surface area contributed by atoms with Gasteiger partial charge in [-0.05, 0) is 24.6 Å². The second kappa shape index (κ2) is 9.64. The highest BCUT2D eigenvalue weighted by molar-refractivity contribution is 6.32. The fourth-order valence-corrected chi connectivity index (χ4v) is 1.94. The normalized spacial score (nSPS) is 11.0. The van der Waals surface area contributed by atoms with Crippen LogP contribution in [0.1, 0.15) is 12.5 Å². The van der Waals surface area contributed by atoms with Gasteiger partial charge < -0.3 is 19.5 Å². The third kappa shape index (κ3) is 5.41. The number of ether oxygens (including phenoxy) is 3. The van der Waals surface area contributed by atoms with Crippen molar-refractivity contribution in [1.29, 1.82) is 0 Å². The van der Waals surface area contributed by atoms with Gasteiger partial charge in [-0.1, -0.05) is 23.8 Å². The first-order valence-electron chi connectivity index (χ1n) is 6.53. The molecule has 112 valence electrons. The van der Waals surface area contributed by atoms with Gasteiger partial charge in [0.2, 0.25) is 0 Å². The van der Waals surface area contributed by atoms with Crippen molar-refractivity contribution in [3.05, 3.63) is 34.9 Å². The topological polar surface area (TPSA) is 39.7 Å². The van der Waals surface area contributed by atoms with E-state index in [9.17, 15) is 0 Å². The first-order chi connectivity index (χ1) is 9.72. The summed E-state index contributed by atoms with van der Waals surface area (Å²) < 4.78 is 15.9. The van der Waals surface area contributed by atoms with E-state index in [0.717, 1.165) is 12.1 Å². The highest BCUT2D eigenvalue weighted by atomic mass is 35.5. The van der Waals surface area contributed by atoms with Crippen LogP contribution in [0.5, 0.6) is 11.5 Å². The Morgan fingerprint density at radius 2 is 2.10 bits per heavy atom. The Hall–Kier alpha value is -1.23. The molecule has 1 rings (SSSR count). The lowest BCUT2D eigenvalue weighted by Gasteiger charge is -2.13. The number of allylic oxidation sites excluding steroid dienone is 1. The van der Waals surface area contributed by atoms with Crippen LogP contribution in [0, 0.1) is 0 Å². The number of nitrogens with one attached hydrogen (secondary N) is 1. The Bertz CT molecular complexity index is 435. The van der Waals surface area contributed by atoms with Gasteiger partial charge in [0.25, 0.3) is 0 Å². The molecule has 0 unspecified atom stereocenters. The number of halogens is 1. The Balaban J connectivity index is 2.73. The lowest BCUT2D eigenvalue weighted by molar-refractivity contribution is 0.199. The zero-order valence-corrected chi connectivity index (χ0v) is 13.0. The molecule has 4 nitrogen and oxygen atoms in total. The summed E-state index contributed by atoms with van der Waals surface area (Å²) >= 11 is 6.25. The number of hydrogen-bond donors (Lipinski definition) is 1. The quantitative estimate of drug-likeness (QED) is 0.562. The summed E-state index contributed by atoms with van der Waals surface area (Å²) in [6.45, 7) is 4.58. The van der Waals surface area contributed by atoms with Crippen molar-refractivity contribution in [2.75, 3.05) is 34.0 Å². The molecule has 0 saturated carbocycles. The zero-order valence-electron chi connectivity index (χ0n) is 12.2. The Labute approximate surface area is 125 Å². The van der Waals surface area contributed by atoms with Gasteiger partial charge in [0.05, 0.1) is 18.7 Å². The molecule has 1 N–H and O–H groups in total. The third-order valence-corrected chi connectivity index (χ3v) is 2.94. The van der Waals surface area contributed by atoms with Crippen LogP contribution in [0.15, 0.2) is 24.3 Å². The minimum Gasteiger partial charge on any atom is -0.493 e. The summed E-state index contributed by atoms with van der Waals surface area (Å²) in [6.07, 6.45) is 3.84. The number of hydrogen-bond acceptors (Lipinski definition) is 4. The Morgan fingerprint density at radius 1 is 1.30 bits per heavy atom. The van der Waals surface area contributed by atoms with Gasteiger partial charge in [-0.2, -0.15) is 0 Å². The van der Waals surface area contributed by atoms with E-state index in [1.54, 1.807) is 14.2 Å². The van der Waals surface area contributed by atoms with Crippen molar-refractivity contribution in [2.24, 2.45) is 0 Å². The van der Waals surface area contributed by atoms with Crippen LogP contribution >= 0.6 is 11.6 Å². The maximum Gasteiger partial charge on any atom is 0.180 e. The largest absolute Gasteiger partial charge is 0.493 e. The molecule has 1 aromatic carbocycles. The minimum atomic E-state index is 0.470. The van der Waals surface area contributed by atoms with Crippen LogP contribution < -0.4 is 14.8 Å². The molecule has 1 aromatic rings. The predicted octanol–water partition coefficient (Wildman–Crippen LogP) is 3.04. The highest BCUT2D eigenvalue weighted by Gasteiger charge is 2.11. The molecule has 0 heterocycles. The van der Waals surface area contributed by atoms with Gasteiger partial charge in [0.15, 0.2) is 11.5 Å². The number of rotatable bonds is 9. The van der Waals surface area contributed by atoms with E-state index < -0.39 is 0 Å². The number of benzene rings is 1. The molecule has 0 atom stereocenters. The summed E-state index contributed by atoms with van der Waals surface area (Å²) in [5.74, 6) is 1.22. The second-order valence-corrected chi connectivity index (χ2v) is 4.57. The first kappa shape index (κ1) is 16.8. The van der Waals surface area contributed by atoms with E-state index in [1.807, 2.05) is 31.2 Å². The third-order valence-electron chi connectivity index (χ3n) is 2.66. The van der Waals surface area contributed by atoms with Crippen molar-refractivity contribution < 1.29 is 14.2 Å².